The normalized spacial score (nSPS) is 13.1. The highest BCUT2D eigenvalue weighted by Gasteiger charge is 2.22. The first-order valence-electron chi connectivity index (χ1n) is 4.47. The van der Waals surface area contributed by atoms with Crippen molar-refractivity contribution in [3.05, 3.63) is 24.8 Å². The molecule has 0 rings (SSSR count). The zero-order valence-electron chi connectivity index (χ0n) is 8.17. The third-order valence-electron chi connectivity index (χ3n) is 1.47. The van der Waals surface area contributed by atoms with Crippen molar-refractivity contribution < 1.29 is 22.7 Å². The van der Waals surface area contributed by atoms with Gasteiger partial charge in [0.1, 0.15) is 0 Å². The molecule has 0 N–H and O–H groups in total. The van der Waals surface area contributed by atoms with Gasteiger partial charge in [0, 0.05) is 6.42 Å². The quantitative estimate of drug-likeness (QED) is 0.376. The molecule has 0 saturated heterocycles. The molecule has 2 nitrogen and oxygen atoms in total. The van der Waals surface area contributed by atoms with E-state index >= 15 is 0 Å². The van der Waals surface area contributed by atoms with Gasteiger partial charge in [-0.25, -0.2) is 8.78 Å². The van der Waals surface area contributed by atoms with Crippen LogP contribution in [0.5, 0.6) is 0 Å². The monoisotopic (exact) mass is 222 g/mol. The topological polar surface area (TPSA) is 26.3 Å². The minimum absolute atomic E-state index is 0.0748. The van der Waals surface area contributed by atoms with Crippen molar-refractivity contribution in [3.63, 3.8) is 0 Å². The van der Waals surface area contributed by atoms with Crippen LogP contribution in [-0.2, 0) is 9.53 Å². The Morgan fingerprint density at radius 2 is 2.07 bits per heavy atom. The van der Waals surface area contributed by atoms with Crippen molar-refractivity contribution in [2.24, 2.45) is 0 Å². The fourth-order valence-corrected chi connectivity index (χ4v) is 0.793. The number of alkyl halides is 3. The van der Waals surface area contributed by atoms with Crippen molar-refractivity contribution in [3.8, 4) is 0 Å². The van der Waals surface area contributed by atoms with E-state index in [4.69, 9.17) is 0 Å². The Morgan fingerprint density at radius 3 is 2.60 bits per heavy atom. The van der Waals surface area contributed by atoms with Crippen LogP contribution in [0.2, 0.25) is 0 Å². The van der Waals surface area contributed by atoms with E-state index in [2.05, 4.69) is 11.3 Å². The molecule has 0 radical (unpaired) electrons. The van der Waals surface area contributed by atoms with E-state index in [1.807, 2.05) is 0 Å². The Kier molecular flexibility index (Phi) is 7.40. The van der Waals surface area contributed by atoms with E-state index in [1.54, 1.807) is 18.2 Å². The zero-order chi connectivity index (χ0) is 11.7. The molecule has 5 heteroatoms. The molecule has 0 bridgehead atoms. The summed E-state index contributed by atoms with van der Waals surface area (Å²) in [6.07, 6.45) is -0.119. The standard InChI is InChI=1S/C10H13F3O2/c1-2-3-4-5-6-7-8(14)15-10(13)9(11)12/h2-4,9-10H,1,5-7H2. The molecule has 1 unspecified atom stereocenters. The van der Waals surface area contributed by atoms with E-state index < -0.39 is 18.8 Å². The highest BCUT2D eigenvalue weighted by molar-refractivity contribution is 5.69. The predicted octanol–water partition coefficient (Wildman–Crippen LogP) is 3.00. The molecule has 0 fully saturated rings. The summed E-state index contributed by atoms with van der Waals surface area (Å²) >= 11 is 0. The molecule has 0 heterocycles. The Morgan fingerprint density at radius 1 is 1.40 bits per heavy atom. The summed E-state index contributed by atoms with van der Waals surface area (Å²) in [6, 6.07) is 0. The lowest BCUT2D eigenvalue weighted by Gasteiger charge is -2.07. The van der Waals surface area contributed by atoms with Gasteiger partial charge in [-0.05, 0) is 12.8 Å². The summed E-state index contributed by atoms with van der Waals surface area (Å²) in [5.41, 5.74) is 0. The lowest BCUT2D eigenvalue weighted by Crippen LogP contribution is -2.20. The average molecular weight is 222 g/mol. The molecule has 0 aliphatic carbocycles. The summed E-state index contributed by atoms with van der Waals surface area (Å²) in [7, 11) is 0. The van der Waals surface area contributed by atoms with Gasteiger partial charge < -0.3 is 4.74 Å². The smallest absolute Gasteiger partial charge is 0.308 e. The zero-order valence-corrected chi connectivity index (χ0v) is 8.17. The van der Waals surface area contributed by atoms with Gasteiger partial charge in [-0.2, -0.15) is 4.39 Å². The molecule has 0 aliphatic rings. The van der Waals surface area contributed by atoms with Gasteiger partial charge in [0.15, 0.2) is 0 Å². The molecule has 0 amide bonds. The van der Waals surface area contributed by atoms with Crippen LogP contribution in [-0.4, -0.2) is 18.8 Å². The van der Waals surface area contributed by atoms with Gasteiger partial charge in [0.05, 0.1) is 0 Å². The van der Waals surface area contributed by atoms with Crippen LogP contribution in [0.4, 0.5) is 13.2 Å². The predicted molar refractivity (Wildman–Crippen MR) is 50.2 cm³/mol. The van der Waals surface area contributed by atoms with E-state index in [-0.39, 0.29) is 6.42 Å². The minimum Gasteiger partial charge on any atom is -0.425 e. The molecular weight excluding hydrogens is 209 g/mol. The summed E-state index contributed by atoms with van der Waals surface area (Å²) in [5, 5.41) is 0. The fourth-order valence-electron chi connectivity index (χ4n) is 0.793. The molecule has 0 spiro atoms. The van der Waals surface area contributed by atoms with Gasteiger partial charge in [-0.15, -0.1) is 0 Å². The molecule has 15 heavy (non-hydrogen) atoms. The maximum atomic E-state index is 12.2. The average Bonchev–Trinajstić information content (AvgIpc) is 2.17. The third-order valence-corrected chi connectivity index (χ3v) is 1.47. The van der Waals surface area contributed by atoms with Crippen molar-refractivity contribution in [1.29, 1.82) is 0 Å². The lowest BCUT2D eigenvalue weighted by molar-refractivity contribution is -0.174. The Bertz CT molecular complexity index is 227. The first-order valence-corrected chi connectivity index (χ1v) is 4.47. The molecule has 1 atom stereocenters. The largest absolute Gasteiger partial charge is 0.425 e. The number of allylic oxidation sites excluding steroid dienone is 3. The molecule has 0 aromatic carbocycles. The fraction of sp³-hybridized carbons (Fsp3) is 0.500. The minimum atomic E-state index is -3.28. The van der Waals surface area contributed by atoms with Crippen LogP contribution in [0, 0.1) is 0 Å². The molecule has 86 valence electrons. The van der Waals surface area contributed by atoms with Crippen LogP contribution in [0.1, 0.15) is 19.3 Å². The molecule has 0 saturated carbocycles. The molecule has 0 aromatic heterocycles. The number of esters is 1. The van der Waals surface area contributed by atoms with Crippen molar-refractivity contribution in [1.82, 2.24) is 0 Å². The van der Waals surface area contributed by atoms with E-state index in [0.717, 1.165) is 0 Å². The first-order chi connectivity index (χ1) is 7.07. The number of ether oxygens (including phenoxy) is 1. The lowest BCUT2D eigenvalue weighted by atomic mass is 10.2. The summed E-state index contributed by atoms with van der Waals surface area (Å²) < 4.78 is 39.2. The highest BCUT2D eigenvalue weighted by Crippen LogP contribution is 2.09. The van der Waals surface area contributed by atoms with Gasteiger partial charge in [0.25, 0.3) is 0 Å². The van der Waals surface area contributed by atoms with Gasteiger partial charge >= 0.3 is 18.8 Å². The molecule has 0 aliphatic heterocycles. The Labute approximate surface area is 86.4 Å². The van der Waals surface area contributed by atoms with Crippen molar-refractivity contribution in [2.75, 3.05) is 0 Å². The number of hydrogen-bond donors (Lipinski definition) is 0. The second-order valence-electron chi connectivity index (χ2n) is 2.73. The van der Waals surface area contributed by atoms with E-state index in [1.165, 1.54) is 0 Å². The van der Waals surface area contributed by atoms with Crippen LogP contribution < -0.4 is 0 Å². The van der Waals surface area contributed by atoms with Gasteiger partial charge in [-0.1, -0.05) is 24.8 Å². The van der Waals surface area contributed by atoms with Crippen LogP contribution in [0.3, 0.4) is 0 Å². The number of carbonyl (C=O) groups is 1. The van der Waals surface area contributed by atoms with Gasteiger partial charge in [0.2, 0.25) is 0 Å². The van der Waals surface area contributed by atoms with Crippen LogP contribution in [0.25, 0.3) is 0 Å². The Balaban J connectivity index is 3.57. The van der Waals surface area contributed by atoms with Crippen molar-refractivity contribution in [2.45, 2.75) is 32.0 Å². The second kappa shape index (κ2) is 8.08. The van der Waals surface area contributed by atoms with E-state index in [0.29, 0.717) is 12.8 Å². The van der Waals surface area contributed by atoms with Gasteiger partial charge in [-0.3, -0.25) is 4.79 Å². The van der Waals surface area contributed by atoms with Crippen molar-refractivity contribution >= 4 is 5.97 Å². The Hall–Kier alpha value is -1.26. The second-order valence-corrected chi connectivity index (χ2v) is 2.73. The van der Waals surface area contributed by atoms with E-state index in [9.17, 15) is 18.0 Å². The van der Waals surface area contributed by atoms with Crippen LogP contribution in [0.15, 0.2) is 24.8 Å². The third kappa shape index (κ3) is 7.78. The molecular formula is C10H13F3O2. The number of hydrogen-bond acceptors (Lipinski definition) is 2. The first kappa shape index (κ1) is 13.7. The summed E-state index contributed by atoms with van der Waals surface area (Å²) in [4.78, 5) is 10.8. The SMILES string of the molecule is C=CC=CCCCC(=O)OC(F)C(F)F. The summed E-state index contributed by atoms with van der Waals surface area (Å²) in [5.74, 6) is -0.949. The maximum absolute atomic E-state index is 12.2. The highest BCUT2D eigenvalue weighted by atomic mass is 19.3. The summed E-state index contributed by atoms with van der Waals surface area (Å²) in [6.45, 7) is 3.44. The number of halogens is 3. The number of unbranched alkanes of at least 4 members (excludes halogenated alkanes) is 1. The number of carbonyl (C=O) groups excluding carboxylic acids is 1. The maximum Gasteiger partial charge on any atom is 0.308 e. The van der Waals surface area contributed by atoms with Crippen LogP contribution >= 0.6 is 0 Å². The molecule has 0 aromatic rings. The number of rotatable bonds is 7.